The molecule has 0 heterocycles. The van der Waals surface area contributed by atoms with Crippen molar-refractivity contribution in [2.24, 2.45) is 11.5 Å². The first-order valence-corrected chi connectivity index (χ1v) is 5.72. The van der Waals surface area contributed by atoms with Crippen molar-refractivity contribution in [2.75, 3.05) is 0 Å². The molecule has 0 aliphatic rings. The van der Waals surface area contributed by atoms with Crippen LogP contribution in [0.15, 0.2) is 24.3 Å². The number of nitro groups is 1. The van der Waals surface area contributed by atoms with Crippen molar-refractivity contribution in [1.82, 2.24) is 0 Å². The van der Waals surface area contributed by atoms with Crippen molar-refractivity contribution in [2.45, 2.75) is 31.9 Å². The zero-order valence-electron chi connectivity index (χ0n) is 10.8. The van der Waals surface area contributed by atoms with Gasteiger partial charge in [0.25, 0.3) is 5.69 Å². The Bertz CT molecular complexity index is 470. The van der Waals surface area contributed by atoms with E-state index in [2.05, 4.69) is 0 Å². The van der Waals surface area contributed by atoms with Gasteiger partial charge in [0.05, 0.1) is 16.6 Å². The van der Waals surface area contributed by atoms with Gasteiger partial charge in [0, 0.05) is 18.6 Å². The number of nitro benzene ring substituents is 1. The number of primary amides is 1. The molecule has 0 saturated heterocycles. The number of benzene rings is 1. The van der Waals surface area contributed by atoms with Gasteiger partial charge in [-0.25, -0.2) is 0 Å². The Labute approximate surface area is 110 Å². The summed E-state index contributed by atoms with van der Waals surface area (Å²) in [7, 11) is 0. The van der Waals surface area contributed by atoms with E-state index >= 15 is 0 Å². The highest BCUT2D eigenvalue weighted by atomic mass is 16.6. The van der Waals surface area contributed by atoms with E-state index in [4.69, 9.17) is 16.2 Å². The standard InChI is InChI=1S/C12H17N3O4/c1-8(7-12(2,14)11(13)16)19-10-5-3-9(4-6-10)15(17)18/h3-6,8H,7,14H2,1-2H3,(H2,13,16). The first-order valence-electron chi connectivity index (χ1n) is 5.72. The maximum absolute atomic E-state index is 11.1. The number of hydrogen-bond acceptors (Lipinski definition) is 5. The van der Waals surface area contributed by atoms with Crippen molar-refractivity contribution < 1.29 is 14.5 Å². The highest BCUT2D eigenvalue weighted by molar-refractivity contribution is 5.83. The van der Waals surface area contributed by atoms with E-state index in [0.717, 1.165) is 0 Å². The molecule has 0 fully saturated rings. The maximum Gasteiger partial charge on any atom is 0.269 e. The molecule has 0 radical (unpaired) electrons. The Morgan fingerprint density at radius 3 is 2.42 bits per heavy atom. The van der Waals surface area contributed by atoms with Crippen molar-refractivity contribution >= 4 is 11.6 Å². The Morgan fingerprint density at radius 1 is 1.47 bits per heavy atom. The Balaban J connectivity index is 2.64. The van der Waals surface area contributed by atoms with Crippen LogP contribution in [0.1, 0.15) is 20.3 Å². The predicted octanol–water partition coefficient (Wildman–Crippen LogP) is 0.955. The summed E-state index contributed by atoms with van der Waals surface area (Å²) in [6.07, 6.45) is -0.0942. The lowest BCUT2D eigenvalue weighted by Gasteiger charge is -2.25. The summed E-state index contributed by atoms with van der Waals surface area (Å²) in [4.78, 5) is 21.1. The Kier molecular flexibility index (Phi) is 4.44. The first kappa shape index (κ1) is 14.9. The van der Waals surface area contributed by atoms with E-state index in [9.17, 15) is 14.9 Å². The number of amides is 1. The van der Waals surface area contributed by atoms with Crippen LogP contribution >= 0.6 is 0 Å². The van der Waals surface area contributed by atoms with E-state index in [1.807, 2.05) is 0 Å². The van der Waals surface area contributed by atoms with Gasteiger partial charge in [0.1, 0.15) is 5.75 Å². The summed E-state index contributed by atoms with van der Waals surface area (Å²) in [6, 6.07) is 5.68. The molecule has 104 valence electrons. The van der Waals surface area contributed by atoms with Crippen LogP contribution in [0.2, 0.25) is 0 Å². The van der Waals surface area contributed by atoms with Crippen LogP contribution in [0.3, 0.4) is 0 Å². The van der Waals surface area contributed by atoms with E-state index in [0.29, 0.717) is 5.75 Å². The van der Waals surface area contributed by atoms with E-state index in [-0.39, 0.29) is 18.2 Å². The third-order valence-electron chi connectivity index (χ3n) is 2.66. The molecule has 19 heavy (non-hydrogen) atoms. The summed E-state index contributed by atoms with van der Waals surface area (Å²) >= 11 is 0. The zero-order valence-corrected chi connectivity index (χ0v) is 10.8. The third-order valence-corrected chi connectivity index (χ3v) is 2.66. The largest absolute Gasteiger partial charge is 0.491 e. The first-order chi connectivity index (χ1) is 8.72. The molecule has 7 nitrogen and oxygen atoms in total. The lowest BCUT2D eigenvalue weighted by atomic mass is 9.95. The van der Waals surface area contributed by atoms with Crippen molar-refractivity contribution in [3.05, 3.63) is 34.4 Å². The number of hydrogen-bond donors (Lipinski definition) is 2. The fourth-order valence-corrected chi connectivity index (χ4v) is 1.62. The van der Waals surface area contributed by atoms with Crippen LogP contribution in [0.25, 0.3) is 0 Å². The van der Waals surface area contributed by atoms with Gasteiger partial charge < -0.3 is 16.2 Å². The van der Waals surface area contributed by atoms with Crippen LogP contribution < -0.4 is 16.2 Å². The number of carbonyl (C=O) groups excluding carboxylic acids is 1. The minimum Gasteiger partial charge on any atom is -0.491 e. The summed E-state index contributed by atoms with van der Waals surface area (Å²) in [5.41, 5.74) is 9.74. The molecule has 2 atom stereocenters. The lowest BCUT2D eigenvalue weighted by Crippen LogP contribution is -2.51. The second-order valence-corrected chi connectivity index (χ2v) is 4.67. The molecular formula is C12H17N3O4. The third kappa shape index (κ3) is 4.22. The molecule has 0 aromatic heterocycles. The zero-order chi connectivity index (χ0) is 14.6. The van der Waals surface area contributed by atoms with Gasteiger partial charge in [-0.2, -0.15) is 0 Å². The molecule has 1 aromatic carbocycles. The second-order valence-electron chi connectivity index (χ2n) is 4.67. The molecule has 1 rings (SSSR count). The molecule has 1 aromatic rings. The topological polar surface area (TPSA) is 121 Å². The lowest BCUT2D eigenvalue weighted by molar-refractivity contribution is -0.384. The number of rotatable bonds is 6. The monoisotopic (exact) mass is 267 g/mol. The number of ether oxygens (including phenoxy) is 1. The van der Waals surface area contributed by atoms with Crippen LogP contribution in [-0.4, -0.2) is 22.5 Å². The molecule has 4 N–H and O–H groups in total. The minimum atomic E-state index is -1.15. The quantitative estimate of drug-likeness (QED) is 0.587. The van der Waals surface area contributed by atoms with Crippen LogP contribution in [0.4, 0.5) is 5.69 Å². The van der Waals surface area contributed by atoms with Gasteiger partial charge in [-0.1, -0.05) is 0 Å². The minimum absolute atomic E-state index is 0.0131. The average molecular weight is 267 g/mol. The normalized spacial score (nSPS) is 15.3. The molecular weight excluding hydrogens is 250 g/mol. The SMILES string of the molecule is CC(CC(C)(N)C(N)=O)Oc1ccc([N+](=O)[O-])cc1. The van der Waals surface area contributed by atoms with Gasteiger partial charge in [0.15, 0.2) is 0 Å². The molecule has 0 bridgehead atoms. The summed E-state index contributed by atoms with van der Waals surface area (Å²) < 4.78 is 5.52. The van der Waals surface area contributed by atoms with Gasteiger partial charge >= 0.3 is 0 Å². The van der Waals surface area contributed by atoms with Gasteiger partial charge in [-0.15, -0.1) is 0 Å². The molecule has 2 unspecified atom stereocenters. The highest BCUT2D eigenvalue weighted by Gasteiger charge is 2.28. The maximum atomic E-state index is 11.1. The summed E-state index contributed by atoms with van der Waals surface area (Å²) in [5.74, 6) is -0.134. The van der Waals surface area contributed by atoms with Crippen LogP contribution in [0.5, 0.6) is 5.75 Å². The number of non-ortho nitro benzene ring substituents is 1. The molecule has 0 saturated carbocycles. The van der Waals surface area contributed by atoms with Crippen LogP contribution in [0, 0.1) is 10.1 Å². The molecule has 0 aliphatic carbocycles. The summed E-state index contributed by atoms with van der Waals surface area (Å²) in [5, 5.41) is 10.5. The number of carbonyl (C=O) groups is 1. The van der Waals surface area contributed by atoms with Crippen molar-refractivity contribution in [1.29, 1.82) is 0 Å². The fourth-order valence-electron chi connectivity index (χ4n) is 1.62. The second kappa shape index (κ2) is 5.66. The van der Waals surface area contributed by atoms with Gasteiger partial charge in [0.2, 0.25) is 5.91 Å². The fraction of sp³-hybridized carbons (Fsp3) is 0.417. The van der Waals surface area contributed by atoms with E-state index < -0.39 is 16.4 Å². The highest BCUT2D eigenvalue weighted by Crippen LogP contribution is 2.20. The van der Waals surface area contributed by atoms with Crippen molar-refractivity contribution in [3.63, 3.8) is 0 Å². The number of nitrogens with zero attached hydrogens (tertiary/aromatic N) is 1. The van der Waals surface area contributed by atoms with Crippen molar-refractivity contribution in [3.8, 4) is 5.75 Å². The average Bonchev–Trinajstić information content (AvgIpc) is 2.28. The molecule has 0 aliphatic heterocycles. The predicted molar refractivity (Wildman–Crippen MR) is 69.6 cm³/mol. The summed E-state index contributed by atoms with van der Waals surface area (Å²) in [6.45, 7) is 3.28. The smallest absolute Gasteiger partial charge is 0.269 e. The molecule has 0 spiro atoms. The Morgan fingerprint density at radius 2 is 2.00 bits per heavy atom. The number of nitrogens with two attached hydrogens (primary N) is 2. The molecule has 7 heteroatoms. The Hall–Kier alpha value is -2.15. The van der Waals surface area contributed by atoms with E-state index in [1.165, 1.54) is 31.2 Å². The van der Waals surface area contributed by atoms with E-state index in [1.54, 1.807) is 6.92 Å². The van der Waals surface area contributed by atoms with Crippen LogP contribution in [-0.2, 0) is 4.79 Å². The molecule has 1 amide bonds. The van der Waals surface area contributed by atoms with Gasteiger partial charge in [-0.05, 0) is 26.0 Å². The van der Waals surface area contributed by atoms with Gasteiger partial charge in [-0.3, -0.25) is 14.9 Å².